The third-order valence-corrected chi connectivity index (χ3v) is 6.52. The summed E-state index contributed by atoms with van der Waals surface area (Å²) in [5.41, 5.74) is 5.14. The van der Waals surface area contributed by atoms with Gasteiger partial charge in [0.1, 0.15) is 6.26 Å². The van der Waals surface area contributed by atoms with Crippen LogP contribution < -0.4 is 5.32 Å². The van der Waals surface area contributed by atoms with Gasteiger partial charge >= 0.3 is 160 Å². The van der Waals surface area contributed by atoms with E-state index in [1.54, 1.807) is 12.3 Å². The Balaban J connectivity index is 1.94. The number of nitriles is 1. The first kappa shape index (κ1) is 22.3. The summed E-state index contributed by atoms with van der Waals surface area (Å²) in [6.07, 6.45) is 3.74. The number of carbonyl (C=O) groups excluding carboxylic acids is 1. The number of hydrogen-bond acceptors (Lipinski definition) is 3. The van der Waals surface area contributed by atoms with Crippen LogP contribution in [0.4, 0.5) is 4.39 Å². The van der Waals surface area contributed by atoms with E-state index in [2.05, 4.69) is 27.4 Å². The van der Waals surface area contributed by atoms with Crippen LogP contribution in [-0.4, -0.2) is 39.3 Å². The van der Waals surface area contributed by atoms with Crippen LogP contribution in [0.25, 0.3) is 17.2 Å². The number of fused-ring (bicyclic) bond motifs is 1. The molecule has 0 heterocycles. The summed E-state index contributed by atoms with van der Waals surface area (Å²) in [7, 11) is 0. The minimum absolute atomic E-state index is 0.110. The van der Waals surface area contributed by atoms with Gasteiger partial charge in [0.2, 0.25) is 0 Å². The SMILES string of the molecule is CC1=C(CC(=O)NCC([SeH])C#N)c2cc(F)ccc2/C1=C\c1ccc([S+](C)[O-])cc1. The van der Waals surface area contributed by atoms with Gasteiger partial charge in [0.25, 0.3) is 0 Å². The minimum atomic E-state index is -1.04. The van der Waals surface area contributed by atoms with Crippen molar-refractivity contribution in [3.05, 3.63) is 70.5 Å². The summed E-state index contributed by atoms with van der Waals surface area (Å²) in [6, 6.07) is 14.1. The number of nitrogens with zero attached hydrogens (tertiary/aromatic N) is 1. The van der Waals surface area contributed by atoms with E-state index in [1.807, 2.05) is 37.3 Å². The molecule has 1 aliphatic carbocycles. The van der Waals surface area contributed by atoms with Gasteiger partial charge in [0, 0.05) is 0 Å². The van der Waals surface area contributed by atoms with E-state index in [-0.39, 0.29) is 29.5 Å². The molecule has 0 radical (unpaired) electrons. The molecule has 0 aliphatic heterocycles. The number of carbonyl (C=O) groups is 1. The Labute approximate surface area is 186 Å². The molecule has 0 saturated carbocycles. The van der Waals surface area contributed by atoms with Crippen LogP contribution in [0.5, 0.6) is 0 Å². The van der Waals surface area contributed by atoms with Gasteiger partial charge in [-0.05, 0) is 11.2 Å². The monoisotopic (exact) mass is 488 g/mol. The molecule has 1 N–H and O–H groups in total. The van der Waals surface area contributed by atoms with E-state index >= 15 is 0 Å². The molecule has 2 aromatic carbocycles. The van der Waals surface area contributed by atoms with Gasteiger partial charge in [-0.15, -0.1) is 0 Å². The molecule has 7 heteroatoms. The average Bonchev–Trinajstić information content (AvgIpc) is 2.97. The first-order chi connectivity index (χ1) is 14.3. The predicted molar refractivity (Wildman–Crippen MR) is 120 cm³/mol. The summed E-state index contributed by atoms with van der Waals surface area (Å²) >= 11 is 1.17. The Morgan fingerprint density at radius 1 is 1.30 bits per heavy atom. The number of halogens is 1. The van der Waals surface area contributed by atoms with Crippen LogP contribution in [0.1, 0.15) is 30.0 Å². The fourth-order valence-electron chi connectivity index (χ4n) is 3.38. The van der Waals surface area contributed by atoms with Crippen LogP contribution >= 0.6 is 0 Å². The molecular formula is C23H21FN2O2SSe. The van der Waals surface area contributed by atoms with Crippen LogP contribution in [0.3, 0.4) is 0 Å². The van der Waals surface area contributed by atoms with Gasteiger partial charge in [0.05, 0.1) is 0 Å². The predicted octanol–water partition coefficient (Wildman–Crippen LogP) is 3.61. The van der Waals surface area contributed by atoms with Crippen molar-refractivity contribution in [3.8, 4) is 6.07 Å². The second-order valence-electron chi connectivity index (χ2n) is 7.00. The van der Waals surface area contributed by atoms with Gasteiger partial charge in [-0.3, -0.25) is 0 Å². The fraction of sp³-hybridized carbons (Fsp3) is 0.217. The zero-order valence-corrected chi connectivity index (χ0v) is 19.3. The molecule has 0 aromatic heterocycles. The number of rotatable bonds is 6. The molecule has 1 amide bonds. The Bertz CT molecular complexity index is 1070. The van der Waals surface area contributed by atoms with Gasteiger partial charge in [-0.25, -0.2) is 0 Å². The van der Waals surface area contributed by atoms with Crippen molar-refractivity contribution in [1.29, 1.82) is 5.26 Å². The summed E-state index contributed by atoms with van der Waals surface area (Å²) < 4.78 is 25.6. The number of amides is 1. The zero-order valence-electron chi connectivity index (χ0n) is 16.6. The normalized spacial score (nSPS) is 16.2. The summed E-state index contributed by atoms with van der Waals surface area (Å²) in [5, 5.41) is 11.6. The quantitative estimate of drug-likeness (QED) is 0.500. The molecule has 0 bridgehead atoms. The maximum absolute atomic E-state index is 14.0. The second kappa shape index (κ2) is 9.63. The molecule has 2 aromatic rings. The summed E-state index contributed by atoms with van der Waals surface area (Å²) in [4.78, 5) is 12.8. The number of nitrogens with one attached hydrogen (secondary N) is 1. The van der Waals surface area contributed by atoms with Crippen molar-refractivity contribution in [2.45, 2.75) is 23.1 Å². The summed E-state index contributed by atoms with van der Waals surface area (Å²) in [6.45, 7) is 2.18. The van der Waals surface area contributed by atoms with Crippen LogP contribution in [0, 0.1) is 17.1 Å². The molecule has 2 unspecified atom stereocenters. The third kappa shape index (κ3) is 5.03. The number of allylic oxidation sites excluding steroid dienone is 2. The Kier molecular flexibility index (Phi) is 7.17. The second-order valence-corrected chi connectivity index (χ2v) is 9.69. The molecule has 1 aliphatic rings. The first-order valence-corrected chi connectivity index (χ1v) is 11.9. The Morgan fingerprint density at radius 2 is 2.00 bits per heavy atom. The van der Waals surface area contributed by atoms with Crippen molar-refractivity contribution >= 4 is 50.3 Å². The van der Waals surface area contributed by atoms with Gasteiger partial charge < -0.3 is 4.55 Å². The van der Waals surface area contributed by atoms with Crippen LogP contribution in [0.15, 0.2) is 52.9 Å². The van der Waals surface area contributed by atoms with Crippen molar-refractivity contribution in [3.63, 3.8) is 0 Å². The molecule has 0 spiro atoms. The summed E-state index contributed by atoms with van der Waals surface area (Å²) in [5.74, 6) is -0.562. The van der Waals surface area contributed by atoms with Crippen molar-refractivity contribution in [2.24, 2.45) is 0 Å². The van der Waals surface area contributed by atoms with E-state index < -0.39 is 11.2 Å². The van der Waals surface area contributed by atoms with Crippen LogP contribution in [0.2, 0.25) is 4.82 Å². The molecule has 154 valence electrons. The van der Waals surface area contributed by atoms with Crippen molar-refractivity contribution in [2.75, 3.05) is 12.8 Å². The molecule has 2 atom stereocenters. The average molecular weight is 487 g/mol. The molecule has 3 rings (SSSR count). The van der Waals surface area contributed by atoms with E-state index in [9.17, 15) is 13.7 Å². The molecule has 4 nitrogen and oxygen atoms in total. The Morgan fingerprint density at radius 3 is 2.63 bits per heavy atom. The maximum atomic E-state index is 14.0. The van der Waals surface area contributed by atoms with Crippen molar-refractivity contribution in [1.82, 2.24) is 5.32 Å². The van der Waals surface area contributed by atoms with E-state index in [4.69, 9.17) is 5.26 Å². The first-order valence-electron chi connectivity index (χ1n) is 9.30. The van der Waals surface area contributed by atoms with E-state index in [0.29, 0.717) is 5.56 Å². The van der Waals surface area contributed by atoms with Crippen molar-refractivity contribution < 1.29 is 13.7 Å². The standard InChI is InChI=1S/C23H21FN2O2SSe/c1-14-20(9-15-3-6-17(7-4-15)29(2)28)19-8-5-16(24)10-22(19)21(14)11-23(27)26-13-18(30)12-25/h3-10,18,30H,11,13H2,1-2H3,(H,26,27)/b20-9-. The molecule has 30 heavy (non-hydrogen) atoms. The molecule has 0 fully saturated rings. The van der Waals surface area contributed by atoms with E-state index in [0.717, 1.165) is 32.7 Å². The van der Waals surface area contributed by atoms with Crippen LogP contribution in [-0.2, 0) is 16.0 Å². The van der Waals surface area contributed by atoms with Gasteiger partial charge in [0.15, 0.2) is 4.90 Å². The Hall–Kier alpha value is -2.36. The third-order valence-electron chi connectivity index (χ3n) is 4.96. The zero-order chi connectivity index (χ0) is 21.8. The topological polar surface area (TPSA) is 76.0 Å². The van der Waals surface area contributed by atoms with Gasteiger partial charge in [-0.2, -0.15) is 0 Å². The van der Waals surface area contributed by atoms with E-state index in [1.165, 1.54) is 12.1 Å². The van der Waals surface area contributed by atoms with Gasteiger partial charge in [-0.1, -0.05) is 0 Å². The number of benzene rings is 2. The fourth-order valence-corrected chi connectivity index (χ4v) is 4.09. The molecular weight excluding hydrogens is 466 g/mol. The number of hydrogen-bond donors (Lipinski definition) is 1. The molecule has 0 saturated heterocycles.